The number of carbonyl (C=O) groups excluding carboxylic acids is 1. The van der Waals surface area contributed by atoms with E-state index in [9.17, 15) is 9.59 Å². The molecule has 0 atom stereocenters. The molecule has 0 unspecified atom stereocenters. The molecule has 10 heteroatoms. The van der Waals surface area contributed by atoms with Gasteiger partial charge >= 0.3 is 0 Å². The van der Waals surface area contributed by atoms with Crippen LogP contribution in [0.4, 0.5) is 0 Å². The molecular formula is C28H25N5O4S. The lowest BCUT2D eigenvalue weighted by molar-refractivity contribution is -0.120. The molecule has 0 aliphatic carbocycles. The van der Waals surface area contributed by atoms with Crippen molar-refractivity contribution in [2.24, 2.45) is 0 Å². The largest absolute Gasteiger partial charge is 0.454 e. The van der Waals surface area contributed by atoms with Gasteiger partial charge in [-0.1, -0.05) is 24.3 Å². The van der Waals surface area contributed by atoms with Crippen molar-refractivity contribution < 1.29 is 14.3 Å². The van der Waals surface area contributed by atoms with E-state index in [1.165, 1.54) is 15.7 Å². The van der Waals surface area contributed by atoms with Crippen molar-refractivity contribution >= 4 is 22.2 Å². The van der Waals surface area contributed by atoms with E-state index in [2.05, 4.69) is 10.3 Å². The van der Waals surface area contributed by atoms with E-state index >= 15 is 0 Å². The second kappa shape index (κ2) is 9.46. The van der Waals surface area contributed by atoms with Gasteiger partial charge in [-0.3, -0.25) is 14.0 Å². The molecule has 38 heavy (non-hydrogen) atoms. The number of para-hydroxylation sites is 1. The Hall–Kier alpha value is -4.44. The normalized spacial score (nSPS) is 12.3. The number of amides is 1. The number of rotatable bonds is 6. The standard InChI is InChI=1S/C28H25N5O4S/c1-16-6-4-5-7-22(16)33-17(2)10-21(31-33)26-18(3)30-28-32(27(26)35)20(14-38-28)12-25(34)29-13-19-8-9-23-24(11-19)37-15-36-23/h4-11,14H,12-13,15H2,1-3H3,(H,29,34). The summed E-state index contributed by atoms with van der Waals surface area (Å²) in [7, 11) is 0. The molecule has 1 aliphatic rings. The molecule has 0 spiro atoms. The molecule has 2 aromatic carbocycles. The maximum atomic E-state index is 13.7. The topological polar surface area (TPSA) is 99.8 Å². The van der Waals surface area contributed by atoms with Gasteiger partial charge in [-0.05, 0) is 56.2 Å². The molecular weight excluding hydrogens is 502 g/mol. The van der Waals surface area contributed by atoms with Gasteiger partial charge in [0.05, 0.1) is 23.4 Å². The van der Waals surface area contributed by atoms with E-state index in [0.29, 0.717) is 45.6 Å². The molecule has 0 radical (unpaired) electrons. The minimum absolute atomic E-state index is 0.0469. The lowest BCUT2D eigenvalue weighted by atomic mass is 10.1. The number of ether oxygens (including phenoxy) is 2. The molecule has 0 fully saturated rings. The highest BCUT2D eigenvalue weighted by Gasteiger charge is 2.20. The first-order chi connectivity index (χ1) is 18.4. The molecule has 192 valence electrons. The van der Waals surface area contributed by atoms with Crippen LogP contribution in [0.3, 0.4) is 0 Å². The summed E-state index contributed by atoms with van der Waals surface area (Å²) in [5, 5.41) is 9.50. The highest BCUT2D eigenvalue weighted by atomic mass is 32.1. The molecule has 0 bridgehead atoms. The third-order valence-corrected chi connectivity index (χ3v) is 7.45. The molecule has 0 saturated carbocycles. The van der Waals surface area contributed by atoms with E-state index in [-0.39, 0.29) is 24.7 Å². The number of hydrogen-bond acceptors (Lipinski definition) is 7. The Balaban J connectivity index is 1.28. The van der Waals surface area contributed by atoms with Gasteiger partial charge < -0.3 is 14.8 Å². The van der Waals surface area contributed by atoms with Crippen LogP contribution >= 0.6 is 11.3 Å². The molecule has 4 heterocycles. The third-order valence-electron chi connectivity index (χ3n) is 6.58. The Bertz CT molecular complexity index is 1770. The minimum Gasteiger partial charge on any atom is -0.454 e. The molecule has 0 saturated heterocycles. The Labute approximate surface area is 222 Å². The number of nitrogens with zero attached hydrogens (tertiary/aromatic N) is 4. The number of benzene rings is 2. The molecule has 1 N–H and O–H groups in total. The average Bonchev–Trinajstić information content (AvgIpc) is 3.62. The fourth-order valence-electron chi connectivity index (χ4n) is 4.64. The highest BCUT2D eigenvalue weighted by molar-refractivity contribution is 7.15. The van der Waals surface area contributed by atoms with Crippen molar-refractivity contribution in [1.82, 2.24) is 24.5 Å². The number of nitrogens with one attached hydrogen (secondary N) is 1. The van der Waals surface area contributed by atoms with Crippen molar-refractivity contribution in [1.29, 1.82) is 0 Å². The number of aryl methyl sites for hydroxylation is 3. The van der Waals surface area contributed by atoms with Crippen LogP contribution in [0.2, 0.25) is 0 Å². The van der Waals surface area contributed by atoms with Gasteiger partial charge in [0.25, 0.3) is 5.56 Å². The van der Waals surface area contributed by atoms with Crippen molar-refractivity contribution in [3.63, 3.8) is 0 Å². The number of hydrogen-bond donors (Lipinski definition) is 1. The van der Waals surface area contributed by atoms with Crippen LogP contribution in [0, 0.1) is 20.8 Å². The van der Waals surface area contributed by atoms with Gasteiger partial charge in [-0.25, -0.2) is 9.67 Å². The van der Waals surface area contributed by atoms with E-state index in [1.807, 2.05) is 79.4 Å². The maximum Gasteiger partial charge on any atom is 0.268 e. The summed E-state index contributed by atoms with van der Waals surface area (Å²) in [6.45, 7) is 6.34. The quantitative estimate of drug-likeness (QED) is 0.357. The zero-order valence-corrected chi connectivity index (χ0v) is 22.0. The van der Waals surface area contributed by atoms with Crippen LogP contribution in [0.25, 0.3) is 21.9 Å². The summed E-state index contributed by atoms with van der Waals surface area (Å²) in [5.74, 6) is 1.17. The van der Waals surface area contributed by atoms with E-state index in [0.717, 1.165) is 22.5 Å². The summed E-state index contributed by atoms with van der Waals surface area (Å²) >= 11 is 1.34. The number of aromatic nitrogens is 4. The van der Waals surface area contributed by atoms with Crippen LogP contribution in [0.1, 0.15) is 28.2 Å². The van der Waals surface area contributed by atoms with Gasteiger partial charge in [-0.15, -0.1) is 11.3 Å². The first-order valence-corrected chi connectivity index (χ1v) is 13.0. The van der Waals surface area contributed by atoms with E-state index in [4.69, 9.17) is 14.6 Å². The summed E-state index contributed by atoms with van der Waals surface area (Å²) < 4.78 is 14.1. The van der Waals surface area contributed by atoms with Crippen molar-refractivity contribution in [2.45, 2.75) is 33.7 Å². The summed E-state index contributed by atoms with van der Waals surface area (Å²) in [5.41, 5.74) is 5.78. The Morgan fingerprint density at radius 1 is 1.08 bits per heavy atom. The molecule has 9 nitrogen and oxygen atoms in total. The first-order valence-electron chi connectivity index (χ1n) is 12.2. The molecule has 5 aromatic rings. The fourth-order valence-corrected chi connectivity index (χ4v) is 5.57. The lowest BCUT2D eigenvalue weighted by Gasteiger charge is -2.08. The average molecular weight is 528 g/mol. The Kier molecular flexibility index (Phi) is 5.96. The molecule has 6 rings (SSSR count). The smallest absolute Gasteiger partial charge is 0.268 e. The van der Waals surface area contributed by atoms with Crippen LogP contribution in [-0.4, -0.2) is 31.9 Å². The minimum atomic E-state index is -0.234. The molecule has 3 aromatic heterocycles. The molecule has 1 amide bonds. The van der Waals surface area contributed by atoms with E-state index in [1.54, 1.807) is 0 Å². The number of thiazole rings is 1. The van der Waals surface area contributed by atoms with Crippen LogP contribution < -0.4 is 20.3 Å². The number of fused-ring (bicyclic) bond motifs is 2. The van der Waals surface area contributed by atoms with Gasteiger partial charge in [0.2, 0.25) is 12.7 Å². The summed E-state index contributed by atoms with van der Waals surface area (Å²) in [6, 6.07) is 15.4. The molecule has 1 aliphatic heterocycles. The second-order valence-corrected chi connectivity index (χ2v) is 10.1. The monoisotopic (exact) mass is 527 g/mol. The zero-order valence-electron chi connectivity index (χ0n) is 21.1. The van der Waals surface area contributed by atoms with E-state index < -0.39 is 0 Å². The van der Waals surface area contributed by atoms with Crippen molar-refractivity contribution in [3.8, 4) is 28.4 Å². The predicted molar refractivity (Wildman–Crippen MR) is 144 cm³/mol. The summed E-state index contributed by atoms with van der Waals surface area (Å²) in [4.78, 5) is 31.8. The lowest BCUT2D eigenvalue weighted by Crippen LogP contribution is -2.27. The highest BCUT2D eigenvalue weighted by Crippen LogP contribution is 2.32. The fraction of sp³-hybridized carbons (Fsp3) is 0.214. The van der Waals surface area contributed by atoms with Gasteiger partial charge in [0.15, 0.2) is 16.5 Å². The summed E-state index contributed by atoms with van der Waals surface area (Å²) in [6.07, 6.45) is 0.0469. The van der Waals surface area contributed by atoms with Crippen molar-refractivity contribution in [3.05, 3.63) is 92.5 Å². The maximum absolute atomic E-state index is 13.7. The predicted octanol–water partition coefficient (Wildman–Crippen LogP) is 4.12. The van der Waals surface area contributed by atoms with Crippen LogP contribution in [-0.2, 0) is 17.8 Å². The van der Waals surface area contributed by atoms with Gasteiger partial charge in [0.1, 0.15) is 5.69 Å². The van der Waals surface area contributed by atoms with Gasteiger partial charge in [0, 0.05) is 23.3 Å². The third kappa shape index (κ3) is 4.22. The first kappa shape index (κ1) is 23.9. The second-order valence-electron chi connectivity index (χ2n) is 9.23. The van der Waals surface area contributed by atoms with Gasteiger partial charge in [-0.2, -0.15) is 5.10 Å². The SMILES string of the molecule is Cc1ccccc1-n1nc(-c2c(C)nc3scc(CC(=O)NCc4ccc5c(c4)OCO5)n3c2=O)cc1C. The zero-order chi connectivity index (χ0) is 26.4. The number of carbonyl (C=O) groups is 1. The van der Waals surface area contributed by atoms with Crippen LogP contribution in [0.5, 0.6) is 11.5 Å². The Morgan fingerprint density at radius 3 is 2.74 bits per heavy atom. The van der Waals surface area contributed by atoms with Crippen molar-refractivity contribution in [2.75, 3.05) is 6.79 Å². The Morgan fingerprint density at radius 2 is 1.89 bits per heavy atom. The van der Waals surface area contributed by atoms with Crippen LogP contribution in [0.15, 0.2) is 58.7 Å².